The zero-order valence-corrected chi connectivity index (χ0v) is 9.46. The van der Waals surface area contributed by atoms with Crippen LogP contribution in [0.25, 0.3) is 0 Å². The van der Waals surface area contributed by atoms with Crippen molar-refractivity contribution in [1.82, 2.24) is 5.32 Å². The number of carbonyl (C=O) groups is 1. The van der Waals surface area contributed by atoms with Gasteiger partial charge in [-0.2, -0.15) is 0 Å². The zero-order chi connectivity index (χ0) is 10.9. The summed E-state index contributed by atoms with van der Waals surface area (Å²) in [5, 5.41) is 3.46. The van der Waals surface area contributed by atoms with Crippen molar-refractivity contribution in [2.45, 2.75) is 38.1 Å². The van der Waals surface area contributed by atoms with Crippen molar-refractivity contribution in [3.63, 3.8) is 0 Å². The second-order valence-corrected chi connectivity index (χ2v) is 3.87. The van der Waals surface area contributed by atoms with Gasteiger partial charge >= 0.3 is 5.97 Å². The monoisotopic (exact) mass is 215 g/mol. The molecule has 4 heteroatoms. The van der Waals surface area contributed by atoms with E-state index in [1.807, 2.05) is 0 Å². The summed E-state index contributed by atoms with van der Waals surface area (Å²) in [5.41, 5.74) is 0. The van der Waals surface area contributed by atoms with Gasteiger partial charge in [-0.1, -0.05) is 6.42 Å². The highest BCUT2D eigenvalue weighted by atomic mass is 16.5. The maximum atomic E-state index is 10.8. The Bertz CT molecular complexity index is 179. The summed E-state index contributed by atoms with van der Waals surface area (Å²) in [6, 6.07) is 0.608. The smallest absolute Gasteiger partial charge is 0.307 e. The molecule has 4 nitrogen and oxygen atoms in total. The molecule has 0 aromatic rings. The first-order valence-corrected chi connectivity index (χ1v) is 5.71. The van der Waals surface area contributed by atoms with Crippen molar-refractivity contribution in [1.29, 1.82) is 0 Å². The lowest BCUT2D eigenvalue weighted by Gasteiger charge is -2.23. The average Bonchev–Trinajstić information content (AvgIpc) is 2.29. The molecule has 1 saturated heterocycles. The predicted molar refractivity (Wildman–Crippen MR) is 57.7 cm³/mol. The Morgan fingerprint density at radius 1 is 1.40 bits per heavy atom. The molecule has 88 valence electrons. The molecule has 0 aromatic carbocycles. The number of rotatable bonds is 6. The molecule has 0 radical (unpaired) electrons. The number of ether oxygens (including phenoxy) is 2. The van der Waals surface area contributed by atoms with Crippen LogP contribution in [-0.2, 0) is 14.3 Å². The molecule has 0 unspecified atom stereocenters. The standard InChI is InChI=1S/C11H21NO3/c1-14-11(13)6-9-15-8-5-10-4-2-3-7-12-10/h10,12H,2-9H2,1H3/t10-/m1/s1. The summed E-state index contributed by atoms with van der Waals surface area (Å²) >= 11 is 0. The van der Waals surface area contributed by atoms with Crippen LogP contribution in [0.2, 0.25) is 0 Å². The minimum atomic E-state index is -0.203. The fourth-order valence-electron chi connectivity index (χ4n) is 1.76. The maximum absolute atomic E-state index is 10.8. The molecule has 0 saturated carbocycles. The zero-order valence-electron chi connectivity index (χ0n) is 9.46. The lowest BCUT2D eigenvalue weighted by molar-refractivity contribution is -0.141. The molecule has 15 heavy (non-hydrogen) atoms. The molecule has 1 aliphatic heterocycles. The van der Waals surface area contributed by atoms with Gasteiger partial charge in [-0.3, -0.25) is 4.79 Å². The lowest BCUT2D eigenvalue weighted by atomic mass is 10.0. The van der Waals surface area contributed by atoms with Gasteiger partial charge in [0.25, 0.3) is 0 Å². The third kappa shape index (κ3) is 5.74. The van der Waals surface area contributed by atoms with E-state index in [9.17, 15) is 4.79 Å². The van der Waals surface area contributed by atoms with Crippen molar-refractivity contribution >= 4 is 5.97 Å². The molecule has 1 aliphatic rings. The summed E-state index contributed by atoms with van der Waals surface area (Å²) in [5.74, 6) is -0.203. The molecular weight excluding hydrogens is 194 g/mol. The highest BCUT2D eigenvalue weighted by Crippen LogP contribution is 2.09. The van der Waals surface area contributed by atoms with Gasteiger partial charge in [0.2, 0.25) is 0 Å². The topological polar surface area (TPSA) is 47.6 Å². The van der Waals surface area contributed by atoms with E-state index in [-0.39, 0.29) is 5.97 Å². The van der Waals surface area contributed by atoms with Crippen molar-refractivity contribution in [3.05, 3.63) is 0 Å². The van der Waals surface area contributed by atoms with Crippen molar-refractivity contribution in [2.24, 2.45) is 0 Å². The molecule has 1 fully saturated rings. The van der Waals surface area contributed by atoms with E-state index in [4.69, 9.17) is 4.74 Å². The summed E-state index contributed by atoms with van der Waals surface area (Å²) in [6.07, 6.45) is 5.26. The van der Waals surface area contributed by atoms with Crippen molar-refractivity contribution in [3.8, 4) is 0 Å². The van der Waals surface area contributed by atoms with Gasteiger partial charge in [-0.25, -0.2) is 0 Å². The molecule has 1 rings (SSSR count). The molecule has 0 aromatic heterocycles. The van der Waals surface area contributed by atoms with E-state index in [1.54, 1.807) is 0 Å². The second kappa shape index (κ2) is 7.65. The Hall–Kier alpha value is -0.610. The minimum absolute atomic E-state index is 0.203. The third-order valence-electron chi connectivity index (χ3n) is 2.70. The van der Waals surface area contributed by atoms with E-state index in [1.165, 1.54) is 26.4 Å². The van der Waals surface area contributed by atoms with Crippen LogP contribution in [-0.4, -0.2) is 38.9 Å². The molecule has 1 N–H and O–H groups in total. The summed E-state index contributed by atoms with van der Waals surface area (Å²) in [6.45, 7) is 2.33. The Labute approximate surface area is 91.3 Å². The highest BCUT2D eigenvalue weighted by molar-refractivity contribution is 5.69. The molecule has 0 aliphatic carbocycles. The van der Waals surface area contributed by atoms with Gasteiger partial charge in [0, 0.05) is 12.6 Å². The van der Waals surface area contributed by atoms with Crippen LogP contribution in [0.1, 0.15) is 32.1 Å². The Morgan fingerprint density at radius 2 is 2.27 bits per heavy atom. The maximum Gasteiger partial charge on any atom is 0.307 e. The third-order valence-corrected chi connectivity index (χ3v) is 2.70. The number of hydrogen-bond donors (Lipinski definition) is 1. The number of piperidine rings is 1. The number of carbonyl (C=O) groups excluding carboxylic acids is 1. The predicted octanol–water partition coefficient (Wildman–Crippen LogP) is 1.10. The molecule has 1 atom stereocenters. The lowest BCUT2D eigenvalue weighted by Crippen LogP contribution is -2.34. The molecule has 0 spiro atoms. The van der Waals surface area contributed by atoms with Gasteiger partial charge in [-0.05, 0) is 25.8 Å². The molecular formula is C11H21NO3. The SMILES string of the molecule is COC(=O)CCOCC[C@H]1CCCCN1. The number of hydrogen-bond acceptors (Lipinski definition) is 4. The van der Waals surface area contributed by atoms with Crippen LogP contribution in [0.3, 0.4) is 0 Å². The van der Waals surface area contributed by atoms with Crippen LogP contribution in [0.15, 0.2) is 0 Å². The van der Waals surface area contributed by atoms with Gasteiger partial charge in [0.05, 0.1) is 20.1 Å². The first kappa shape index (κ1) is 12.5. The van der Waals surface area contributed by atoms with E-state index in [0.717, 1.165) is 19.6 Å². The number of nitrogens with one attached hydrogen (secondary N) is 1. The Kier molecular flexibility index (Phi) is 6.36. The fraction of sp³-hybridized carbons (Fsp3) is 0.909. The van der Waals surface area contributed by atoms with Crippen molar-refractivity contribution in [2.75, 3.05) is 26.9 Å². The van der Waals surface area contributed by atoms with Gasteiger partial charge in [0.1, 0.15) is 0 Å². The molecule has 1 heterocycles. The Morgan fingerprint density at radius 3 is 2.93 bits per heavy atom. The number of esters is 1. The minimum Gasteiger partial charge on any atom is -0.469 e. The van der Waals surface area contributed by atoms with Gasteiger partial charge in [0.15, 0.2) is 0 Å². The molecule has 0 bridgehead atoms. The highest BCUT2D eigenvalue weighted by Gasteiger charge is 2.11. The largest absolute Gasteiger partial charge is 0.469 e. The second-order valence-electron chi connectivity index (χ2n) is 3.87. The Balaban J connectivity index is 1.89. The number of methoxy groups -OCH3 is 1. The van der Waals surface area contributed by atoms with Crippen molar-refractivity contribution < 1.29 is 14.3 Å². The normalized spacial score (nSPS) is 21.3. The van der Waals surface area contributed by atoms with Crippen LogP contribution in [0, 0.1) is 0 Å². The average molecular weight is 215 g/mol. The van der Waals surface area contributed by atoms with Crippen LogP contribution in [0.4, 0.5) is 0 Å². The first-order valence-electron chi connectivity index (χ1n) is 5.71. The van der Waals surface area contributed by atoms with E-state index in [2.05, 4.69) is 10.1 Å². The summed E-state index contributed by atoms with van der Waals surface area (Å²) in [4.78, 5) is 10.8. The van der Waals surface area contributed by atoms with Gasteiger partial charge < -0.3 is 14.8 Å². The fourth-order valence-corrected chi connectivity index (χ4v) is 1.76. The summed E-state index contributed by atoms with van der Waals surface area (Å²) in [7, 11) is 1.40. The van der Waals surface area contributed by atoms with Crippen LogP contribution in [0.5, 0.6) is 0 Å². The van der Waals surface area contributed by atoms with Gasteiger partial charge in [-0.15, -0.1) is 0 Å². The van der Waals surface area contributed by atoms with E-state index < -0.39 is 0 Å². The van der Waals surface area contributed by atoms with E-state index in [0.29, 0.717) is 19.1 Å². The quantitative estimate of drug-likeness (QED) is 0.532. The van der Waals surface area contributed by atoms with Crippen LogP contribution >= 0.6 is 0 Å². The van der Waals surface area contributed by atoms with E-state index >= 15 is 0 Å². The van der Waals surface area contributed by atoms with Crippen LogP contribution < -0.4 is 5.32 Å². The first-order chi connectivity index (χ1) is 7.33. The summed E-state index contributed by atoms with van der Waals surface area (Å²) < 4.78 is 9.88. The molecule has 0 amide bonds.